The minimum atomic E-state index is -0.143. The molecule has 2 atom stereocenters. The maximum absolute atomic E-state index is 12.8. The lowest BCUT2D eigenvalue weighted by atomic mass is 9.95. The minimum Gasteiger partial charge on any atom is -0.313 e. The molecule has 1 nitrogen and oxygen atoms in total. The third kappa shape index (κ3) is 3.71. The van der Waals surface area contributed by atoms with E-state index in [9.17, 15) is 4.39 Å². The van der Waals surface area contributed by atoms with Crippen molar-refractivity contribution in [2.45, 2.75) is 25.8 Å². The number of thioether (sulfide) groups is 1. The van der Waals surface area contributed by atoms with Crippen LogP contribution in [0.15, 0.2) is 24.3 Å². The van der Waals surface area contributed by atoms with Crippen molar-refractivity contribution in [2.75, 3.05) is 18.1 Å². The van der Waals surface area contributed by atoms with Crippen molar-refractivity contribution < 1.29 is 4.39 Å². The molecular weight excluding hydrogens is 233 g/mol. The molecule has 0 amide bonds. The fourth-order valence-corrected chi connectivity index (χ4v) is 3.71. The van der Waals surface area contributed by atoms with E-state index in [1.807, 2.05) is 23.9 Å². The van der Waals surface area contributed by atoms with Crippen LogP contribution in [0.1, 0.15) is 18.9 Å². The standard InChI is InChI=1S/C14H20FNS/c1-2-7-16-14-10-17-9-12(14)8-11-3-5-13(15)6-4-11/h3-6,12,14,16H,2,7-10H2,1H3. The van der Waals surface area contributed by atoms with Gasteiger partial charge in [0.25, 0.3) is 0 Å². The van der Waals surface area contributed by atoms with E-state index in [0.717, 1.165) is 13.0 Å². The predicted molar refractivity (Wildman–Crippen MR) is 73.0 cm³/mol. The second-order valence-electron chi connectivity index (χ2n) is 4.69. The van der Waals surface area contributed by atoms with Crippen LogP contribution in [0.4, 0.5) is 4.39 Å². The van der Waals surface area contributed by atoms with Gasteiger partial charge in [-0.2, -0.15) is 11.8 Å². The molecule has 0 saturated carbocycles. The summed E-state index contributed by atoms with van der Waals surface area (Å²) < 4.78 is 12.8. The molecule has 0 aliphatic carbocycles. The Morgan fingerprint density at radius 3 is 2.76 bits per heavy atom. The Hall–Kier alpha value is -0.540. The molecule has 0 bridgehead atoms. The molecule has 3 heteroatoms. The normalized spacial score (nSPS) is 24.1. The molecule has 2 unspecified atom stereocenters. The number of nitrogens with one attached hydrogen (secondary N) is 1. The largest absolute Gasteiger partial charge is 0.313 e. The van der Waals surface area contributed by atoms with Crippen LogP contribution in [0.2, 0.25) is 0 Å². The smallest absolute Gasteiger partial charge is 0.123 e. The summed E-state index contributed by atoms with van der Waals surface area (Å²) in [5.41, 5.74) is 1.25. The van der Waals surface area contributed by atoms with Crippen LogP contribution in [0, 0.1) is 11.7 Å². The molecule has 1 heterocycles. The molecule has 1 aromatic carbocycles. The summed E-state index contributed by atoms with van der Waals surface area (Å²) in [6.07, 6.45) is 2.25. The zero-order chi connectivity index (χ0) is 12.1. The second-order valence-corrected chi connectivity index (χ2v) is 5.76. The summed E-state index contributed by atoms with van der Waals surface area (Å²) in [5, 5.41) is 3.62. The van der Waals surface area contributed by atoms with Crippen molar-refractivity contribution in [3.63, 3.8) is 0 Å². The Bertz CT molecular complexity index is 339. The van der Waals surface area contributed by atoms with Crippen LogP contribution >= 0.6 is 11.8 Å². The van der Waals surface area contributed by atoms with Crippen molar-refractivity contribution >= 4 is 11.8 Å². The van der Waals surface area contributed by atoms with Gasteiger partial charge in [-0.3, -0.25) is 0 Å². The molecule has 1 aliphatic heterocycles. The van der Waals surface area contributed by atoms with Crippen LogP contribution in [0.3, 0.4) is 0 Å². The van der Waals surface area contributed by atoms with E-state index in [0.29, 0.717) is 12.0 Å². The molecule has 0 spiro atoms. The predicted octanol–water partition coefficient (Wildman–Crippen LogP) is 3.10. The van der Waals surface area contributed by atoms with Gasteiger partial charge in [-0.1, -0.05) is 19.1 Å². The van der Waals surface area contributed by atoms with E-state index >= 15 is 0 Å². The molecular formula is C14H20FNS. The minimum absolute atomic E-state index is 0.143. The van der Waals surface area contributed by atoms with Gasteiger partial charge in [0.1, 0.15) is 5.82 Å². The summed E-state index contributed by atoms with van der Waals surface area (Å²) in [5.74, 6) is 2.98. The highest BCUT2D eigenvalue weighted by Crippen LogP contribution is 2.27. The molecule has 17 heavy (non-hydrogen) atoms. The lowest BCUT2D eigenvalue weighted by molar-refractivity contribution is 0.425. The van der Waals surface area contributed by atoms with E-state index in [4.69, 9.17) is 0 Å². The highest BCUT2D eigenvalue weighted by atomic mass is 32.2. The summed E-state index contributed by atoms with van der Waals surface area (Å²) in [7, 11) is 0. The highest BCUT2D eigenvalue weighted by molar-refractivity contribution is 7.99. The Morgan fingerprint density at radius 2 is 2.06 bits per heavy atom. The first-order chi connectivity index (χ1) is 8.29. The Balaban J connectivity index is 1.90. The van der Waals surface area contributed by atoms with Gasteiger partial charge in [0.2, 0.25) is 0 Å². The third-order valence-corrected chi connectivity index (χ3v) is 4.52. The zero-order valence-electron chi connectivity index (χ0n) is 10.3. The molecule has 1 saturated heterocycles. The molecule has 2 rings (SSSR count). The number of benzene rings is 1. The summed E-state index contributed by atoms with van der Waals surface area (Å²) in [6, 6.07) is 7.58. The van der Waals surface area contributed by atoms with Crippen LogP contribution in [0.25, 0.3) is 0 Å². The molecule has 1 fully saturated rings. The van der Waals surface area contributed by atoms with Crippen molar-refractivity contribution in [3.05, 3.63) is 35.6 Å². The van der Waals surface area contributed by atoms with Crippen LogP contribution in [-0.2, 0) is 6.42 Å². The van der Waals surface area contributed by atoms with E-state index in [1.54, 1.807) is 12.1 Å². The Labute approximate surface area is 107 Å². The molecule has 0 aromatic heterocycles. The first kappa shape index (κ1) is 12.9. The fourth-order valence-electron chi connectivity index (χ4n) is 2.28. The number of halogens is 1. The topological polar surface area (TPSA) is 12.0 Å². The van der Waals surface area contributed by atoms with E-state index in [2.05, 4.69) is 12.2 Å². The SMILES string of the molecule is CCCNC1CSCC1Cc1ccc(F)cc1. The van der Waals surface area contributed by atoms with E-state index < -0.39 is 0 Å². The number of hydrogen-bond acceptors (Lipinski definition) is 2. The van der Waals surface area contributed by atoms with Crippen molar-refractivity contribution in [1.29, 1.82) is 0 Å². The van der Waals surface area contributed by atoms with Crippen LogP contribution in [0.5, 0.6) is 0 Å². The quantitative estimate of drug-likeness (QED) is 0.865. The van der Waals surface area contributed by atoms with Gasteiger partial charge >= 0.3 is 0 Å². The van der Waals surface area contributed by atoms with Gasteiger partial charge in [0.15, 0.2) is 0 Å². The van der Waals surface area contributed by atoms with E-state index in [-0.39, 0.29) is 5.82 Å². The maximum atomic E-state index is 12.8. The lowest BCUT2D eigenvalue weighted by Gasteiger charge is -2.20. The molecule has 1 N–H and O–H groups in total. The molecule has 94 valence electrons. The van der Waals surface area contributed by atoms with Crippen molar-refractivity contribution in [3.8, 4) is 0 Å². The van der Waals surface area contributed by atoms with Crippen molar-refractivity contribution in [1.82, 2.24) is 5.32 Å². The van der Waals surface area contributed by atoms with Gasteiger partial charge in [-0.15, -0.1) is 0 Å². The monoisotopic (exact) mass is 253 g/mol. The average molecular weight is 253 g/mol. The number of hydrogen-bond donors (Lipinski definition) is 1. The van der Waals surface area contributed by atoms with Crippen LogP contribution < -0.4 is 5.32 Å². The average Bonchev–Trinajstić information content (AvgIpc) is 2.77. The fraction of sp³-hybridized carbons (Fsp3) is 0.571. The van der Waals surface area contributed by atoms with Crippen molar-refractivity contribution in [2.24, 2.45) is 5.92 Å². The van der Waals surface area contributed by atoms with Gasteiger partial charge in [-0.05, 0) is 48.8 Å². The zero-order valence-corrected chi connectivity index (χ0v) is 11.1. The Morgan fingerprint density at radius 1 is 1.29 bits per heavy atom. The Kier molecular flexibility index (Phi) is 4.86. The lowest BCUT2D eigenvalue weighted by Crippen LogP contribution is -2.36. The first-order valence-corrected chi connectivity index (χ1v) is 7.50. The van der Waals surface area contributed by atoms with Crippen LogP contribution in [-0.4, -0.2) is 24.1 Å². The molecule has 1 aromatic rings. The molecule has 1 aliphatic rings. The summed E-state index contributed by atoms with van der Waals surface area (Å²) in [4.78, 5) is 0. The highest BCUT2D eigenvalue weighted by Gasteiger charge is 2.27. The third-order valence-electron chi connectivity index (χ3n) is 3.27. The van der Waals surface area contributed by atoms with Gasteiger partial charge < -0.3 is 5.32 Å². The van der Waals surface area contributed by atoms with Gasteiger partial charge in [0.05, 0.1) is 0 Å². The first-order valence-electron chi connectivity index (χ1n) is 6.35. The van der Waals surface area contributed by atoms with Gasteiger partial charge in [0, 0.05) is 11.8 Å². The van der Waals surface area contributed by atoms with Gasteiger partial charge in [-0.25, -0.2) is 4.39 Å². The maximum Gasteiger partial charge on any atom is 0.123 e. The summed E-state index contributed by atoms with van der Waals surface area (Å²) >= 11 is 2.03. The van der Waals surface area contributed by atoms with E-state index in [1.165, 1.54) is 23.5 Å². The second kappa shape index (κ2) is 6.41. The summed E-state index contributed by atoms with van der Waals surface area (Å²) in [6.45, 7) is 3.30. The number of rotatable bonds is 5. The molecule has 0 radical (unpaired) electrons.